The average molecular weight is 305 g/mol. The maximum atomic E-state index is 12.8. The van der Waals surface area contributed by atoms with Crippen LogP contribution in [0.5, 0.6) is 0 Å². The maximum absolute atomic E-state index is 12.8. The van der Waals surface area contributed by atoms with Gasteiger partial charge in [-0.3, -0.25) is 0 Å². The summed E-state index contributed by atoms with van der Waals surface area (Å²) in [5.41, 5.74) is 1.89. The van der Waals surface area contributed by atoms with Crippen LogP contribution in [0, 0.1) is 6.92 Å². The minimum absolute atomic E-state index is 0.275. The van der Waals surface area contributed by atoms with Crippen LogP contribution in [0.1, 0.15) is 30.2 Å². The van der Waals surface area contributed by atoms with Crippen molar-refractivity contribution in [3.05, 3.63) is 53.3 Å². The monoisotopic (exact) mass is 305 g/mol. The molecule has 1 N–H and O–H groups in total. The van der Waals surface area contributed by atoms with Gasteiger partial charge in [0.15, 0.2) is 0 Å². The predicted octanol–water partition coefficient (Wildman–Crippen LogP) is 2.27. The molecule has 2 aromatic rings. The van der Waals surface area contributed by atoms with Crippen molar-refractivity contribution in [1.82, 2.24) is 3.97 Å². The van der Waals surface area contributed by atoms with Gasteiger partial charge in [0.2, 0.25) is 0 Å². The summed E-state index contributed by atoms with van der Waals surface area (Å²) in [6.07, 6.45) is 3.33. The summed E-state index contributed by atoms with van der Waals surface area (Å²) in [5.74, 6) is 0. The molecule has 0 spiro atoms. The lowest BCUT2D eigenvalue weighted by Gasteiger charge is -2.29. The molecule has 1 aliphatic rings. The van der Waals surface area contributed by atoms with Crippen molar-refractivity contribution >= 4 is 10.0 Å². The Hall–Kier alpha value is -1.59. The lowest BCUT2D eigenvalue weighted by Crippen LogP contribution is -2.33. The molecule has 4 nitrogen and oxygen atoms in total. The van der Waals surface area contributed by atoms with Crippen LogP contribution in [0.2, 0.25) is 0 Å². The maximum Gasteiger partial charge on any atom is 0.267 e. The molecular formula is C16H19NO3S. The molecule has 0 aliphatic heterocycles. The minimum Gasteiger partial charge on any atom is -0.390 e. The van der Waals surface area contributed by atoms with Crippen LogP contribution in [0.4, 0.5) is 0 Å². The van der Waals surface area contributed by atoms with Crippen molar-refractivity contribution in [1.29, 1.82) is 0 Å². The summed E-state index contributed by atoms with van der Waals surface area (Å²) in [4.78, 5) is 0.275. The fraction of sp³-hybridized carbons (Fsp3) is 0.375. The standard InChI is InChI=1S/C16H19NO3S/c1-12-3-5-14(6-4-12)21(19,20)17-10-8-13-7-9-16(2,18)11-15(13)17/h3-6,8,10,18H,7,9,11H2,1-2H3. The molecule has 1 aliphatic carbocycles. The van der Waals surface area contributed by atoms with Gasteiger partial charge in [0.1, 0.15) is 0 Å². The lowest BCUT2D eigenvalue weighted by atomic mass is 9.86. The van der Waals surface area contributed by atoms with E-state index in [9.17, 15) is 13.5 Å². The van der Waals surface area contributed by atoms with Crippen molar-refractivity contribution in [3.8, 4) is 0 Å². The molecule has 0 radical (unpaired) electrons. The number of rotatable bonds is 2. The number of benzene rings is 1. The Morgan fingerprint density at radius 2 is 1.86 bits per heavy atom. The van der Waals surface area contributed by atoms with Gasteiger partial charge in [-0.25, -0.2) is 12.4 Å². The number of nitrogens with zero attached hydrogens (tertiary/aromatic N) is 1. The summed E-state index contributed by atoms with van der Waals surface area (Å²) < 4.78 is 26.9. The van der Waals surface area contributed by atoms with Crippen LogP contribution >= 0.6 is 0 Å². The van der Waals surface area contributed by atoms with Gasteiger partial charge in [-0.15, -0.1) is 0 Å². The number of fused-ring (bicyclic) bond motifs is 1. The molecular weight excluding hydrogens is 286 g/mol. The van der Waals surface area contributed by atoms with E-state index in [0.29, 0.717) is 25.0 Å². The fourth-order valence-corrected chi connectivity index (χ4v) is 4.21. The normalized spacial score (nSPS) is 22.0. The summed E-state index contributed by atoms with van der Waals surface area (Å²) in [6.45, 7) is 3.68. The van der Waals surface area contributed by atoms with E-state index >= 15 is 0 Å². The Bertz CT molecular complexity index is 770. The summed E-state index contributed by atoms with van der Waals surface area (Å²) >= 11 is 0. The highest BCUT2D eigenvalue weighted by atomic mass is 32.2. The third kappa shape index (κ3) is 2.51. The van der Waals surface area contributed by atoms with Gasteiger partial charge in [0.05, 0.1) is 10.5 Å². The summed E-state index contributed by atoms with van der Waals surface area (Å²) in [6, 6.07) is 8.67. The van der Waals surface area contributed by atoms with E-state index in [1.807, 2.05) is 13.0 Å². The third-order valence-electron chi connectivity index (χ3n) is 4.11. The Labute approximate surface area is 125 Å². The first-order valence-corrected chi connectivity index (χ1v) is 8.47. The summed E-state index contributed by atoms with van der Waals surface area (Å²) in [7, 11) is -3.60. The number of hydrogen-bond donors (Lipinski definition) is 1. The summed E-state index contributed by atoms with van der Waals surface area (Å²) in [5, 5.41) is 10.2. The molecule has 0 bridgehead atoms. The van der Waals surface area contributed by atoms with Crippen molar-refractivity contribution < 1.29 is 13.5 Å². The molecule has 1 heterocycles. The first-order valence-electron chi connectivity index (χ1n) is 7.03. The highest BCUT2D eigenvalue weighted by Gasteiger charge is 2.32. The van der Waals surface area contributed by atoms with E-state index in [1.54, 1.807) is 37.4 Å². The number of aromatic nitrogens is 1. The van der Waals surface area contributed by atoms with Crippen LogP contribution in [0.15, 0.2) is 41.4 Å². The topological polar surface area (TPSA) is 59.3 Å². The quantitative estimate of drug-likeness (QED) is 0.926. The molecule has 1 atom stereocenters. The molecule has 5 heteroatoms. The van der Waals surface area contributed by atoms with E-state index in [2.05, 4.69) is 0 Å². The molecule has 0 saturated carbocycles. The number of aryl methyl sites for hydroxylation is 2. The molecule has 112 valence electrons. The van der Waals surface area contributed by atoms with E-state index in [1.165, 1.54) is 3.97 Å². The number of hydrogen-bond acceptors (Lipinski definition) is 3. The van der Waals surface area contributed by atoms with Crippen LogP contribution in [0.25, 0.3) is 0 Å². The van der Waals surface area contributed by atoms with Crippen molar-refractivity contribution in [2.45, 2.75) is 43.6 Å². The predicted molar refractivity (Wildman–Crippen MR) is 80.8 cm³/mol. The average Bonchev–Trinajstić information content (AvgIpc) is 2.81. The van der Waals surface area contributed by atoms with Crippen molar-refractivity contribution in [2.75, 3.05) is 0 Å². The minimum atomic E-state index is -3.60. The van der Waals surface area contributed by atoms with Crippen molar-refractivity contribution in [2.24, 2.45) is 0 Å². The van der Waals surface area contributed by atoms with Crippen LogP contribution < -0.4 is 0 Å². The Balaban J connectivity index is 2.09. The molecule has 3 rings (SSSR count). The van der Waals surface area contributed by atoms with E-state index in [0.717, 1.165) is 11.1 Å². The van der Waals surface area contributed by atoms with Gasteiger partial charge in [-0.05, 0) is 50.5 Å². The van der Waals surface area contributed by atoms with Crippen molar-refractivity contribution in [3.63, 3.8) is 0 Å². The zero-order valence-corrected chi connectivity index (χ0v) is 13.0. The second-order valence-electron chi connectivity index (χ2n) is 6.08. The van der Waals surface area contributed by atoms with Gasteiger partial charge < -0.3 is 5.11 Å². The van der Waals surface area contributed by atoms with Gasteiger partial charge in [0, 0.05) is 18.3 Å². The highest BCUT2D eigenvalue weighted by Crippen LogP contribution is 2.31. The molecule has 0 saturated heterocycles. The van der Waals surface area contributed by atoms with Crippen LogP contribution in [-0.4, -0.2) is 23.1 Å². The zero-order chi connectivity index (χ0) is 15.3. The first-order chi connectivity index (χ1) is 9.79. The molecule has 1 aromatic carbocycles. The second-order valence-corrected chi connectivity index (χ2v) is 7.89. The van der Waals surface area contributed by atoms with E-state index < -0.39 is 15.6 Å². The highest BCUT2D eigenvalue weighted by molar-refractivity contribution is 7.90. The Morgan fingerprint density at radius 3 is 2.52 bits per heavy atom. The molecule has 21 heavy (non-hydrogen) atoms. The lowest BCUT2D eigenvalue weighted by molar-refractivity contribution is 0.0447. The molecule has 1 unspecified atom stereocenters. The van der Waals surface area contributed by atoms with Gasteiger partial charge >= 0.3 is 0 Å². The zero-order valence-electron chi connectivity index (χ0n) is 12.2. The Kier molecular flexibility index (Phi) is 3.22. The fourth-order valence-electron chi connectivity index (χ4n) is 2.81. The number of aliphatic hydroxyl groups is 1. The van der Waals surface area contributed by atoms with Crippen LogP contribution in [0.3, 0.4) is 0 Å². The largest absolute Gasteiger partial charge is 0.390 e. The van der Waals surface area contributed by atoms with E-state index in [-0.39, 0.29) is 4.90 Å². The SMILES string of the molecule is Cc1ccc(S(=O)(=O)n2ccc3c2CC(C)(O)CC3)cc1. The van der Waals surface area contributed by atoms with Gasteiger partial charge in [-0.2, -0.15) is 0 Å². The molecule has 1 aromatic heterocycles. The smallest absolute Gasteiger partial charge is 0.267 e. The van der Waals surface area contributed by atoms with Gasteiger partial charge in [-0.1, -0.05) is 17.7 Å². The third-order valence-corrected chi connectivity index (χ3v) is 5.83. The molecule has 0 fully saturated rings. The second kappa shape index (κ2) is 4.71. The van der Waals surface area contributed by atoms with E-state index in [4.69, 9.17) is 0 Å². The molecule has 0 amide bonds. The van der Waals surface area contributed by atoms with Gasteiger partial charge in [0.25, 0.3) is 10.0 Å². The first kappa shape index (κ1) is 14.4. The Morgan fingerprint density at radius 1 is 1.19 bits per heavy atom. The van der Waals surface area contributed by atoms with Crippen LogP contribution in [-0.2, 0) is 22.9 Å².